The predicted octanol–water partition coefficient (Wildman–Crippen LogP) is 5.40. The van der Waals surface area contributed by atoms with Crippen LogP contribution in [-0.4, -0.2) is 5.24 Å². The normalized spacial score (nSPS) is 10.3. The van der Waals surface area contributed by atoms with Gasteiger partial charge in [0, 0.05) is 5.56 Å². The van der Waals surface area contributed by atoms with Crippen LogP contribution in [0.15, 0.2) is 78.9 Å². The zero-order valence-corrected chi connectivity index (χ0v) is 12.0. The fourth-order valence-corrected chi connectivity index (χ4v) is 2.54. The van der Waals surface area contributed by atoms with Gasteiger partial charge in [0.1, 0.15) is 0 Å². The van der Waals surface area contributed by atoms with Crippen LogP contribution in [-0.2, 0) is 0 Å². The van der Waals surface area contributed by atoms with Crippen molar-refractivity contribution in [3.05, 3.63) is 84.4 Å². The Morgan fingerprint density at radius 2 is 1.14 bits per heavy atom. The van der Waals surface area contributed by atoms with Crippen LogP contribution in [0.2, 0.25) is 0 Å². The molecule has 0 atom stereocenters. The van der Waals surface area contributed by atoms with Gasteiger partial charge in [-0.2, -0.15) is 0 Å². The fourth-order valence-electron chi connectivity index (χ4n) is 2.38. The molecule has 1 nitrogen and oxygen atoms in total. The van der Waals surface area contributed by atoms with E-state index in [0.29, 0.717) is 5.56 Å². The smallest absolute Gasteiger partial charge is 0.253 e. The highest BCUT2D eigenvalue weighted by Gasteiger charge is 2.09. The Morgan fingerprint density at radius 3 is 1.81 bits per heavy atom. The van der Waals surface area contributed by atoms with Gasteiger partial charge in [-0.25, -0.2) is 0 Å². The van der Waals surface area contributed by atoms with Gasteiger partial charge in [-0.1, -0.05) is 72.8 Å². The highest BCUT2D eigenvalue weighted by atomic mass is 35.5. The van der Waals surface area contributed by atoms with Gasteiger partial charge in [0.05, 0.1) is 0 Å². The van der Waals surface area contributed by atoms with Gasteiger partial charge in [0.15, 0.2) is 0 Å². The summed E-state index contributed by atoms with van der Waals surface area (Å²) in [5.41, 5.74) is 4.70. The second kappa shape index (κ2) is 5.94. The molecular formula is C19H13ClO. The third-order valence-corrected chi connectivity index (χ3v) is 3.65. The molecule has 0 unspecified atom stereocenters. The Hall–Kier alpha value is -2.38. The minimum atomic E-state index is -0.433. The SMILES string of the molecule is O=C(Cl)c1ccccc1-c1ccc(-c2ccccc2)cc1. The van der Waals surface area contributed by atoms with Gasteiger partial charge >= 0.3 is 0 Å². The minimum Gasteiger partial charge on any atom is -0.276 e. The zero-order chi connectivity index (χ0) is 14.7. The first-order valence-corrected chi connectivity index (χ1v) is 7.08. The number of hydrogen-bond acceptors (Lipinski definition) is 1. The molecule has 0 saturated heterocycles. The molecule has 21 heavy (non-hydrogen) atoms. The van der Waals surface area contributed by atoms with Gasteiger partial charge in [0.2, 0.25) is 0 Å². The third-order valence-electron chi connectivity index (χ3n) is 3.44. The number of rotatable bonds is 3. The van der Waals surface area contributed by atoms with E-state index < -0.39 is 5.24 Å². The van der Waals surface area contributed by atoms with Crippen molar-refractivity contribution in [3.63, 3.8) is 0 Å². The maximum Gasteiger partial charge on any atom is 0.253 e. The summed E-state index contributed by atoms with van der Waals surface area (Å²) >= 11 is 5.65. The van der Waals surface area contributed by atoms with Crippen molar-refractivity contribution in [3.8, 4) is 22.3 Å². The molecule has 0 aliphatic carbocycles. The van der Waals surface area contributed by atoms with Crippen LogP contribution in [0.4, 0.5) is 0 Å². The van der Waals surface area contributed by atoms with E-state index in [0.717, 1.165) is 16.7 Å². The number of benzene rings is 3. The largest absolute Gasteiger partial charge is 0.276 e. The molecule has 0 aliphatic heterocycles. The van der Waals surface area contributed by atoms with Crippen LogP contribution in [0.25, 0.3) is 22.3 Å². The van der Waals surface area contributed by atoms with Crippen molar-refractivity contribution < 1.29 is 4.79 Å². The maximum absolute atomic E-state index is 11.5. The molecular weight excluding hydrogens is 280 g/mol. The minimum absolute atomic E-state index is 0.433. The van der Waals surface area contributed by atoms with Crippen LogP contribution >= 0.6 is 11.6 Å². The number of carbonyl (C=O) groups excluding carboxylic acids is 1. The molecule has 0 heterocycles. The van der Waals surface area contributed by atoms with Gasteiger partial charge in [-0.3, -0.25) is 4.79 Å². The van der Waals surface area contributed by atoms with Crippen molar-refractivity contribution in [1.82, 2.24) is 0 Å². The molecule has 0 N–H and O–H groups in total. The average molecular weight is 293 g/mol. The first kappa shape index (κ1) is 13.6. The van der Waals surface area contributed by atoms with E-state index in [4.69, 9.17) is 11.6 Å². The Labute approximate surface area is 128 Å². The van der Waals surface area contributed by atoms with E-state index in [1.54, 1.807) is 6.07 Å². The molecule has 0 saturated carbocycles. The fraction of sp³-hybridized carbons (Fsp3) is 0. The van der Waals surface area contributed by atoms with E-state index in [9.17, 15) is 4.79 Å². The second-order valence-corrected chi connectivity index (χ2v) is 5.11. The molecule has 3 aromatic rings. The van der Waals surface area contributed by atoms with E-state index in [1.807, 2.05) is 48.5 Å². The topological polar surface area (TPSA) is 17.1 Å². The molecule has 102 valence electrons. The van der Waals surface area contributed by atoms with Crippen molar-refractivity contribution >= 4 is 16.8 Å². The summed E-state index contributed by atoms with van der Waals surface area (Å²) in [7, 11) is 0. The van der Waals surface area contributed by atoms with E-state index in [1.165, 1.54) is 5.56 Å². The molecule has 0 radical (unpaired) electrons. The lowest BCUT2D eigenvalue weighted by Crippen LogP contribution is -1.93. The molecule has 0 fully saturated rings. The third kappa shape index (κ3) is 2.88. The van der Waals surface area contributed by atoms with Crippen molar-refractivity contribution in [2.45, 2.75) is 0 Å². The Kier molecular flexibility index (Phi) is 3.85. The average Bonchev–Trinajstić information content (AvgIpc) is 2.56. The van der Waals surface area contributed by atoms with E-state index >= 15 is 0 Å². The van der Waals surface area contributed by atoms with Gasteiger partial charge < -0.3 is 0 Å². The summed E-state index contributed by atoms with van der Waals surface area (Å²) in [6.07, 6.45) is 0. The highest BCUT2D eigenvalue weighted by molar-refractivity contribution is 6.68. The molecule has 0 aromatic heterocycles. The van der Waals surface area contributed by atoms with Crippen molar-refractivity contribution in [1.29, 1.82) is 0 Å². The summed E-state index contributed by atoms with van der Waals surface area (Å²) in [5.74, 6) is 0. The van der Waals surface area contributed by atoms with E-state index in [2.05, 4.69) is 24.3 Å². The van der Waals surface area contributed by atoms with Gasteiger partial charge in [-0.15, -0.1) is 0 Å². The van der Waals surface area contributed by atoms with E-state index in [-0.39, 0.29) is 0 Å². The highest BCUT2D eigenvalue weighted by Crippen LogP contribution is 2.27. The van der Waals surface area contributed by atoms with Crippen LogP contribution in [0, 0.1) is 0 Å². The van der Waals surface area contributed by atoms with Crippen molar-refractivity contribution in [2.24, 2.45) is 0 Å². The molecule has 0 spiro atoms. The number of hydrogen-bond donors (Lipinski definition) is 0. The van der Waals surface area contributed by atoms with Crippen LogP contribution < -0.4 is 0 Å². The van der Waals surface area contributed by atoms with Crippen LogP contribution in [0.3, 0.4) is 0 Å². The molecule has 3 rings (SSSR count). The van der Waals surface area contributed by atoms with Crippen molar-refractivity contribution in [2.75, 3.05) is 0 Å². The molecule has 0 amide bonds. The Morgan fingerprint density at radius 1 is 0.619 bits per heavy atom. The van der Waals surface area contributed by atoms with Crippen LogP contribution in [0.1, 0.15) is 10.4 Å². The zero-order valence-electron chi connectivity index (χ0n) is 11.3. The first-order chi connectivity index (χ1) is 10.3. The Bertz CT molecular complexity index is 761. The van der Waals surface area contributed by atoms with Crippen LogP contribution in [0.5, 0.6) is 0 Å². The molecule has 2 heteroatoms. The predicted molar refractivity (Wildman–Crippen MR) is 87.5 cm³/mol. The lowest BCUT2D eigenvalue weighted by molar-refractivity contribution is 0.108. The van der Waals surface area contributed by atoms with Gasteiger partial charge in [-0.05, 0) is 39.9 Å². The summed E-state index contributed by atoms with van der Waals surface area (Å²) < 4.78 is 0. The maximum atomic E-state index is 11.5. The Balaban J connectivity index is 2.01. The summed E-state index contributed by atoms with van der Waals surface area (Å²) in [6, 6.07) is 25.7. The number of halogens is 1. The summed E-state index contributed by atoms with van der Waals surface area (Å²) in [5, 5.41) is -0.433. The monoisotopic (exact) mass is 292 g/mol. The standard InChI is InChI=1S/C19H13ClO/c20-19(21)18-9-5-4-8-17(18)16-12-10-15(11-13-16)14-6-2-1-3-7-14/h1-13H. The first-order valence-electron chi connectivity index (χ1n) is 6.70. The lowest BCUT2D eigenvalue weighted by atomic mass is 9.97. The molecule has 3 aromatic carbocycles. The quantitative estimate of drug-likeness (QED) is 0.591. The van der Waals surface area contributed by atoms with Gasteiger partial charge in [0.25, 0.3) is 5.24 Å². The second-order valence-electron chi connectivity index (χ2n) is 4.76. The molecule has 0 bridgehead atoms. The molecule has 0 aliphatic rings. The number of carbonyl (C=O) groups is 1. The summed E-state index contributed by atoms with van der Waals surface area (Å²) in [6.45, 7) is 0. The summed E-state index contributed by atoms with van der Waals surface area (Å²) in [4.78, 5) is 11.5. The lowest BCUT2D eigenvalue weighted by Gasteiger charge is -2.08.